The average Bonchev–Trinajstić information content (AvgIpc) is 2.09. The highest BCUT2D eigenvalue weighted by Crippen LogP contribution is 2.28. The lowest BCUT2D eigenvalue weighted by atomic mass is 10.2. The number of aldehydes is 1. The molecule has 0 radical (unpaired) electrons. The Balaban J connectivity index is 3.10. The van der Waals surface area contributed by atoms with Gasteiger partial charge in [0.2, 0.25) is 0 Å². The minimum absolute atomic E-state index is 0.00134. The number of carbonyl (C=O) groups excluding carboxylic acids is 1. The molecule has 0 saturated heterocycles. The quantitative estimate of drug-likeness (QED) is 0.694. The third kappa shape index (κ3) is 1.56. The van der Waals surface area contributed by atoms with Gasteiger partial charge in [0.15, 0.2) is 17.8 Å². The van der Waals surface area contributed by atoms with Gasteiger partial charge < -0.3 is 9.84 Å². The summed E-state index contributed by atoms with van der Waals surface area (Å²) in [6, 6.07) is 4.68. The Kier molecular flexibility index (Phi) is 2.69. The number of rotatable bonds is 3. The first-order valence-corrected chi connectivity index (χ1v) is 3.69. The second kappa shape index (κ2) is 3.76. The average molecular weight is 166 g/mol. The van der Waals surface area contributed by atoms with Crippen LogP contribution in [0.4, 0.5) is 0 Å². The summed E-state index contributed by atoms with van der Waals surface area (Å²) in [5.41, 5.74) is 0.372. The van der Waals surface area contributed by atoms with E-state index >= 15 is 0 Å². The zero-order chi connectivity index (χ0) is 8.97. The number of phenolic OH excluding ortho intramolecular Hbond substituents is 1. The molecular formula is C9H10O3. The zero-order valence-corrected chi connectivity index (χ0v) is 6.78. The fourth-order valence-corrected chi connectivity index (χ4v) is 0.937. The Hall–Kier alpha value is -1.51. The second-order valence-corrected chi connectivity index (χ2v) is 2.25. The molecule has 1 aromatic rings. The summed E-state index contributed by atoms with van der Waals surface area (Å²) in [4.78, 5) is 10.5. The molecule has 0 bridgehead atoms. The van der Waals surface area contributed by atoms with Crippen LogP contribution in [0.5, 0.6) is 11.5 Å². The molecule has 64 valence electrons. The Morgan fingerprint density at radius 2 is 2.33 bits per heavy atom. The number of phenols is 1. The molecule has 1 rings (SSSR count). The van der Waals surface area contributed by atoms with Crippen LogP contribution in [0.1, 0.15) is 17.3 Å². The number of ether oxygens (including phenoxy) is 1. The molecule has 0 atom stereocenters. The molecule has 0 heterocycles. The lowest BCUT2D eigenvalue weighted by Crippen LogP contribution is -1.95. The van der Waals surface area contributed by atoms with Gasteiger partial charge in [-0.3, -0.25) is 4.79 Å². The summed E-state index contributed by atoms with van der Waals surface area (Å²) >= 11 is 0. The molecule has 0 aliphatic heterocycles. The normalized spacial score (nSPS) is 9.42. The summed E-state index contributed by atoms with van der Waals surface area (Å²) in [6.07, 6.45) is 0.657. The summed E-state index contributed by atoms with van der Waals surface area (Å²) in [7, 11) is 0. The lowest BCUT2D eigenvalue weighted by molar-refractivity contribution is 0.111. The first-order valence-electron chi connectivity index (χ1n) is 3.69. The van der Waals surface area contributed by atoms with E-state index in [0.717, 1.165) is 0 Å². The van der Waals surface area contributed by atoms with E-state index in [9.17, 15) is 9.90 Å². The van der Waals surface area contributed by atoms with Gasteiger partial charge in [-0.05, 0) is 19.1 Å². The summed E-state index contributed by atoms with van der Waals surface area (Å²) in [6.45, 7) is 2.22. The molecule has 0 aliphatic carbocycles. The van der Waals surface area contributed by atoms with Crippen LogP contribution in [0, 0.1) is 0 Å². The van der Waals surface area contributed by atoms with Gasteiger partial charge in [0.1, 0.15) is 0 Å². The summed E-state index contributed by atoms with van der Waals surface area (Å²) in [5.74, 6) is 0.261. The first-order chi connectivity index (χ1) is 5.79. The van der Waals surface area contributed by atoms with Crippen LogP contribution in [-0.2, 0) is 0 Å². The molecule has 0 unspecified atom stereocenters. The van der Waals surface area contributed by atoms with Crippen molar-refractivity contribution in [1.29, 1.82) is 0 Å². The van der Waals surface area contributed by atoms with Crippen molar-refractivity contribution in [2.45, 2.75) is 6.92 Å². The van der Waals surface area contributed by atoms with Crippen molar-refractivity contribution < 1.29 is 14.6 Å². The molecule has 1 N–H and O–H groups in total. The monoisotopic (exact) mass is 166 g/mol. The number of para-hydroxylation sites is 1. The van der Waals surface area contributed by atoms with Gasteiger partial charge in [-0.2, -0.15) is 0 Å². The largest absolute Gasteiger partial charge is 0.504 e. The van der Waals surface area contributed by atoms with Crippen molar-refractivity contribution in [2.24, 2.45) is 0 Å². The summed E-state index contributed by atoms with van der Waals surface area (Å²) < 4.78 is 5.08. The fourth-order valence-electron chi connectivity index (χ4n) is 0.937. The number of aromatic hydroxyl groups is 1. The highest BCUT2D eigenvalue weighted by molar-refractivity contribution is 5.80. The summed E-state index contributed by atoms with van der Waals surface area (Å²) in [5, 5.41) is 9.27. The molecule has 0 spiro atoms. The van der Waals surface area contributed by atoms with Gasteiger partial charge in [0.25, 0.3) is 0 Å². The smallest absolute Gasteiger partial charge is 0.171 e. The van der Waals surface area contributed by atoms with E-state index in [2.05, 4.69) is 0 Å². The number of hydrogen-bond acceptors (Lipinski definition) is 3. The first kappa shape index (κ1) is 8.59. The van der Waals surface area contributed by atoms with Gasteiger partial charge in [-0.1, -0.05) is 6.07 Å². The number of carbonyl (C=O) groups is 1. The minimum atomic E-state index is 0.00134. The zero-order valence-electron chi connectivity index (χ0n) is 6.78. The molecule has 3 nitrogen and oxygen atoms in total. The van der Waals surface area contributed by atoms with E-state index < -0.39 is 0 Å². The molecule has 0 amide bonds. The molecule has 3 heteroatoms. The highest BCUT2D eigenvalue weighted by Gasteiger charge is 2.06. The molecule has 1 aromatic carbocycles. The van der Waals surface area contributed by atoms with E-state index in [1.54, 1.807) is 19.1 Å². The third-order valence-electron chi connectivity index (χ3n) is 1.44. The molecule has 0 fully saturated rings. The lowest BCUT2D eigenvalue weighted by Gasteiger charge is -2.06. The predicted octanol–water partition coefficient (Wildman–Crippen LogP) is 1.60. The van der Waals surface area contributed by atoms with E-state index in [0.29, 0.717) is 18.5 Å². The molecule has 0 aromatic heterocycles. The Morgan fingerprint density at radius 3 is 2.92 bits per heavy atom. The molecule has 12 heavy (non-hydrogen) atoms. The van der Waals surface area contributed by atoms with Crippen molar-refractivity contribution in [1.82, 2.24) is 0 Å². The molecule has 0 aliphatic rings. The van der Waals surface area contributed by atoms with Crippen LogP contribution < -0.4 is 4.74 Å². The number of benzene rings is 1. The van der Waals surface area contributed by atoms with Crippen molar-refractivity contribution in [3.63, 3.8) is 0 Å². The van der Waals surface area contributed by atoms with Crippen molar-refractivity contribution >= 4 is 6.29 Å². The molecular weight excluding hydrogens is 156 g/mol. The van der Waals surface area contributed by atoms with Crippen LogP contribution in [0.25, 0.3) is 0 Å². The topological polar surface area (TPSA) is 46.5 Å². The van der Waals surface area contributed by atoms with Crippen LogP contribution in [-0.4, -0.2) is 18.0 Å². The predicted molar refractivity (Wildman–Crippen MR) is 44.7 cm³/mol. The maximum Gasteiger partial charge on any atom is 0.171 e. The maximum absolute atomic E-state index is 10.5. The van der Waals surface area contributed by atoms with E-state index in [-0.39, 0.29) is 11.5 Å². The Morgan fingerprint density at radius 1 is 1.58 bits per heavy atom. The van der Waals surface area contributed by atoms with E-state index in [4.69, 9.17) is 4.74 Å². The minimum Gasteiger partial charge on any atom is -0.504 e. The van der Waals surface area contributed by atoms with E-state index in [1.807, 2.05) is 0 Å². The highest BCUT2D eigenvalue weighted by atomic mass is 16.5. The van der Waals surface area contributed by atoms with Gasteiger partial charge in [0.05, 0.1) is 12.2 Å². The third-order valence-corrected chi connectivity index (χ3v) is 1.44. The van der Waals surface area contributed by atoms with Crippen molar-refractivity contribution in [2.75, 3.05) is 6.61 Å². The molecule has 0 saturated carbocycles. The number of hydrogen-bond donors (Lipinski definition) is 1. The van der Waals surface area contributed by atoms with Gasteiger partial charge in [-0.15, -0.1) is 0 Å². The van der Waals surface area contributed by atoms with Gasteiger partial charge >= 0.3 is 0 Å². The van der Waals surface area contributed by atoms with Gasteiger partial charge in [0, 0.05) is 0 Å². The van der Waals surface area contributed by atoms with Crippen LogP contribution in [0.15, 0.2) is 18.2 Å². The van der Waals surface area contributed by atoms with Gasteiger partial charge in [-0.25, -0.2) is 0 Å². The van der Waals surface area contributed by atoms with Crippen LogP contribution in [0.2, 0.25) is 0 Å². The maximum atomic E-state index is 10.5. The SMILES string of the molecule is CCOc1c(O)cccc1C=O. The fraction of sp³-hybridized carbons (Fsp3) is 0.222. The van der Waals surface area contributed by atoms with Crippen LogP contribution in [0.3, 0.4) is 0 Å². The Labute approximate surface area is 70.6 Å². The Bertz CT molecular complexity index is 281. The second-order valence-electron chi connectivity index (χ2n) is 2.25. The standard InChI is InChI=1S/C9H10O3/c1-2-12-9-7(6-10)4-3-5-8(9)11/h3-6,11H,2H2,1H3. The van der Waals surface area contributed by atoms with Crippen LogP contribution >= 0.6 is 0 Å². The van der Waals surface area contributed by atoms with Crippen molar-refractivity contribution in [3.05, 3.63) is 23.8 Å². The van der Waals surface area contributed by atoms with E-state index in [1.165, 1.54) is 6.07 Å². The van der Waals surface area contributed by atoms with Crippen molar-refractivity contribution in [3.8, 4) is 11.5 Å².